The number of nitrogens with zero attached hydrogens (tertiary/aromatic N) is 1. The highest BCUT2D eigenvalue weighted by atomic mass is 35.5. The number of hydrogen-bond donors (Lipinski definition) is 1. The smallest absolute Gasteiger partial charge is 0.103 e. The van der Waals surface area contributed by atoms with Gasteiger partial charge < -0.3 is 5.32 Å². The molecule has 0 spiro atoms. The maximum absolute atomic E-state index is 6.08. The minimum Gasteiger partial charge on any atom is -0.381 e. The van der Waals surface area contributed by atoms with E-state index < -0.39 is 0 Å². The van der Waals surface area contributed by atoms with Gasteiger partial charge in [-0.15, -0.1) is 0 Å². The molecule has 28 heavy (non-hydrogen) atoms. The van der Waals surface area contributed by atoms with Gasteiger partial charge in [-0.2, -0.15) is 0 Å². The fourth-order valence-electron chi connectivity index (χ4n) is 2.78. The molecule has 0 bridgehead atoms. The van der Waals surface area contributed by atoms with Crippen LogP contribution in [0.4, 0.5) is 5.69 Å². The van der Waals surface area contributed by atoms with E-state index >= 15 is 0 Å². The summed E-state index contributed by atoms with van der Waals surface area (Å²) < 4.78 is 0. The molecule has 0 unspecified atom stereocenters. The molecule has 0 saturated carbocycles. The molecule has 0 fully saturated rings. The second kappa shape index (κ2) is 10.5. The molecule has 144 valence electrons. The lowest BCUT2D eigenvalue weighted by Crippen LogP contribution is -2.14. The molecule has 2 rings (SSSR count). The number of hydrogen-bond acceptors (Lipinski definition) is 2. The largest absolute Gasteiger partial charge is 0.381 e. The van der Waals surface area contributed by atoms with E-state index in [1.54, 1.807) is 13.0 Å². The predicted octanol–water partition coefficient (Wildman–Crippen LogP) is 7.20. The Morgan fingerprint density at radius 2 is 1.82 bits per heavy atom. The first kappa shape index (κ1) is 21.5. The topological polar surface area (TPSA) is 24.4 Å². The molecule has 0 aromatic heterocycles. The molecule has 2 nitrogen and oxygen atoms in total. The summed E-state index contributed by atoms with van der Waals surface area (Å²) in [4.78, 5) is 4.52. The predicted molar refractivity (Wildman–Crippen MR) is 125 cm³/mol. The van der Waals surface area contributed by atoms with Gasteiger partial charge in [-0.1, -0.05) is 96.6 Å². The normalized spacial score (nSPS) is 12.3. The van der Waals surface area contributed by atoms with Gasteiger partial charge >= 0.3 is 0 Å². The third-order valence-corrected chi connectivity index (χ3v) is 4.27. The van der Waals surface area contributed by atoms with E-state index in [0.29, 0.717) is 11.7 Å². The molecule has 0 atom stereocenters. The van der Waals surface area contributed by atoms with Crippen LogP contribution in [0, 0.1) is 6.92 Å². The summed E-state index contributed by atoms with van der Waals surface area (Å²) in [7, 11) is 0. The van der Waals surface area contributed by atoms with E-state index in [4.69, 9.17) is 11.6 Å². The molecule has 0 aliphatic carbocycles. The van der Waals surface area contributed by atoms with E-state index in [9.17, 15) is 0 Å². The zero-order valence-corrected chi connectivity index (χ0v) is 17.6. The minimum atomic E-state index is 0.487. The van der Waals surface area contributed by atoms with Gasteiger partial charge in [0.1, 0.15) is 5.17 Å². The molecule has 0 heterocycles. The van der Waals surface area contributed by atoms with Crippen LogP contribution < -0.4 is 5.32 Å². The lowest BCUT2D eigenvalue weighted by molar-refractivity contribution is 0.958. The number of aliphatic imine (C=N–C) groups is 1. The highest BCUT2D eigenvalue weighted by Gasteiger charge is 2.13. The fraction of sp³-hybridized carbons (Fsp3) is 0.160. The summed E-state index contributed by atoms with van der Waals surface area (Å²) in [5.41, 5.74) is 7.18. The molecule has 2 aromatic carbocycles. The maximum atomic E-state index is 6.08. The highest BCUT2D eigenvalue weighted by Crippen LogP contribution is 2.35. The summed E-state index contributed by atoms with van der Waals surface area (Å²) in [6, 6.07) is 14.5. The third kappa shape index (κ3) is 6.11. The molecule has 2 aromatic rings. The Bertz CT molecular complexity index is 928. The van der Waals surface area contributed by atoms with E-state index in [-0.39, 0.29) is 0 Å². The Hall–Kier alpha value is -2.84. The first-order valence-electron chi connectivity index (χ1n) is 9.21. The summed E-state index contributed by atoms with van der Waals surface area (Å²) in [6.07, 6.45) is 7.68. The van der Waals surface area contributed by atoms with Crippen molar-refractivity contribution in [1.82, 2.24) is 5.32 Å². The quantitative estimate of drug-likeness (QED) is 0.374. The number of aryl methyl sites for hydroxylation is 1. The van der Waals surface area contributed by atoms with Crippen LogP contribution in [0.5, 0.6) is 0 Å². The second-order valence-electron chi connectivity index (χ2n) is 6.64. The highest BCUT2D eigenvalue weighted by molar-refractivity contribution is 6.65. The third-order valence-electron chi connectivity index (χ3n) is 4.19. The van der Waals surface area contributed by atoms with Crippen molar-refractivity contribution in [2.75, 3.05) is 6.54 Å². The van der Waals surface area contributed by atoms with Gasteiger partial charge in [-0.25, -0.2) is 4.99 Å². The van der Waals surface area contributed by atoms with Gasteiger partial charge in [0.25, 0.3) is 0 Å². The molecule has 0 amide bonds. The standard InChI is InChI=1S/C25H27ClN2/c1-6-7-8-10-19(3)17-27-20(4)25-23(22-15-13-18(2)14-16-22)11-9-12-24(25)28-21(5)26/h6-16,27H,1,4,17H2,2-3,5H3/b8-7-,19-10+,28-21?. The van der Waals surface area contributed by atoms with Gasteiger partial charge in [0.05, 0.1) is 5.69 Å². The van der Waals surface area contributed by atoms with Gasteiger partial charge in [-0.05, 0) is 38.0 Å². The molecule has 3 heteroatoms. The second-order valence-corrected chi connectivity index (χ2v) is 7.19. The van der Waals surface area contributed by atoms with Crippen LogP contribution in [0.2, 0.25) is 0 Å². The molecule has 0 aliphatic heterocycles. The van der Waals surface area contributed by atoms with E-state index in [2.05, 4.69) is 73.7 Å². The SMILES string of the molecule is C=C/C=C\C=C(/C)CNC(=C)c1c(N=C(C)Cl)cccc1-c1ccc(C)cc1. The van der Waals surface area contributed by atoms with Crippen molar-refractivity contribution in [3.8, 4) is 11.1 Å². The van der Waals surface area contributed by atoms with E-state index in [1.807, 2.05) is 24.3 Å². The van der Waals surface area contributed by atoms with E-state index in [1.165, 1.54) is 11.1 Å². The zero-order chi connectivity index (χ0) is 20.5. The number of allylic oxidation sites excluding steroid dienone is 4. The van der Waals surface area contributed by atoms with Crippen molar-refractivity contribution in [3.63, 3.8) is 0 Å². The maximum Gasteiger partial charge on any atom is 0.103 e. The first-order chi connectivity index (χ1) is 13.4. The van der Waals surface area contributed by atoms with Gasteiger partial charge in [-0.3, -0.25) is 0 Å². The van der Waals surface area contributed by atoms with Crippen LogP contribution in [0.1, 0.15) is 25.0 Å². The first-order valence-corrected chi connectivity index (χ1v) is 9.59. The Morgan fingerprint density at radius 3 is 2.46 bits per heavy atom. The van der Waals surface area contributed by atoms with Gasteiger partial charge in [0, 0.05) is 17.8 Å². The van der Waals surface area contributed by atoms with E-state index in [0.717, 1.165) is 28.1 Å². The number of rotatable bonds is 8. The zero-order valence-electron chi connectivity index (χ0n) is 16.8. The van der Waals surface area contributed by atoms with Gasteiger partial charge in [0.15, 0.2) is 0 Å². The fourth-order valence-corrected chi connectivity index (χ4v) is 2.87. The van der Waals surface area contributed by atoms with Crippen molar-refractivity contribution in [3.05, 3.63) is 96.6 Å². The van der Waals surface area contributed by atoms with Crippen LogP contribution in [-0.2, 0) is 0 Å². The summed E-state index contributed by atoms with van der Waals surface area (Å²) in [5, 5.41) is 3.91. The Labute approximate surface area is 173 Å². The van der Waals surface area contributed by atoms with Crippen molar-refractivity contribution >= 4 is 28.2 Å². The van der Waals surface area contributed by atoms with Crippen LogP contribution >= 0.6 is 11.6 Å². The number of halogens is 1. The van der Waals surface area contributed by atoms with Crippen molar-refractivity contribution in [1.29, 1.82) is 0 Å². The van der Waals surface area contributed by atoms with Crippen molar-refractivity contribution in [2.24, 2.45) is 4.99 Å². The summed E-state index contributed by atoms with van der Waals surface area (Å²) in [6.45, 7) is 14.6. The summed E-state index contributed by atoms with van der Waals surface area (Å²) in [5.74, 6) is 0. The molecule has 0 aliphatic rings. The van der Waals surface area contributed by atoms with Crippen molar-refractivity contribution < 1.29 is 0 Å². The average Bonchev–Trinajstić information content (AvgIpc) is 2.66. The van der Waals surface area contributed by atoms with Crippen LogP contribution in [0.3, 0.4) is 0 Å². The van der Waals surface area contributed by atoms with Crippen LogP contribution in [0.25, 0.3) is 16.8 Å². The van der Waals surface area contributed by atoms with Crippen LogP contribution in [0.15, 0.2) is 90.5 Å². The lowest BCUT2D eigenvalue weighted by Gasteiger charge is -2.17. The average molecular weight is 391 g/mol. The van der Waals surface area contributed by atoms with Crippen LogP contribution in [-0.4, -0.2) is 11.7 Å². The molecule has 0 radical (unpaired) electrons. The molecule has 0 saturated heterocycles. The lowest BCUT2D eigenvalue weighted by atomic mass is 9.95. The monoisotopic (exact) mass is 390 g/mol. The number of nitrogens with one attached hydrogen (secondary N) is 1. The summed E-state index contributed by atoms with van der Waals surface area (Å²) >= 11 is 6.08. The Kier molecular flexibility index (Phi) is 8.03. The van der Waals surface area contributed by atoms with Crippen molar-refractivity contribution in [2.45, 2.75) is 20.8 Å². The Balaban J connectivity index is 2.41. The molecular weight excluding hydrogens is 364 g/mol. The molecular formula is C25H27ClN2. The molecule has 1 N–H and O–H groups in total. The number of benzene rings is 2. The van der Waals surface area contributed by atoms with Gasteiger partial charge in [0.2, 0.25) is 0 Å². The minimum absolute atomic E-state index is 0.487. The Morgan fingerprint density at radius 1 is 1.11 bits per heavy atom.